The number of H-pyrrole nitrogens is 1. The maximum Gasteiger partial charge on any atom is 0.260 e. The molecule has 5 aromatic heterocycles. The van der Waals surface area contributed by atoms with E-state index in [1.165, 1.54) is 28.0 Å². The topological polar surface area (TPSA) is 89.6 Å². The Hall–Kier alpha value is -2.69. The number of hydrogen-bond acceptors (Lipinski definition) is 8. The highest BCUT2D eigenvalue weighted by Crippen LogP contribution is 2.35. The molecular weight excluding hydrogens is 438 g/mol. The number of aromatic amines is 1. The van der Waals surface area contributed by atoms with Crippen molar-refractivity contribution in [2.45, 2.75) is 31.3 Å². The van der Waals surface area contributed by atoms with Crippen LogP contribution in [0.1, 0.15) is 17.6 Å². The third kappa shape index (κ3) is 3.40. The lowest BCUT2D eigenvalue weighted by molar-refractivity contribution is 0.567. The summed E-state index contributed by atoms with van der Waals surface area (Å²) < 4.78 is 7.44. The molecule has 0 aromatic carbocycles. The smallest absolute Gasteiger partial charge is 0.260 e. The van der Waals surface area contributed by atoms with Crippen LogP contribution in [0.25, 0.3) is 32.2 Å². The van der Waals surface area contributed by atoms with E-state index in [9.17, 15) is 4.79 Å². The summed E-state index contributed by atoms with van der Waals surface area (Å²) >= 11 is 4.67. The Kier molecular flexibility index (Phi) is 5.05. The first-order valence-electron chi connectivity index (χ1n) is 9.31. The molecule has 0 saturated heterocycles. The average molecular weight is 456 g/mol. The van der Waals surface area contributed by atoms with Gasteiger partial charge in [0.05, 0.1) is 17.4 Å². The highest BCUT2D eigenvalue weighted by atomic mass is 32.2. The van der Waals surface area contributed by atoms with Crippen LogP contribution in [0.5, 0.6) is 0 Å². The van der Waals surface area contributed by atoms with Gasteiger partial charge in [0.25, 0.3) is 5.56 Å². The van der Waals surface area contributed by atoms with Crippen molar-refractivity contribution < 1.29 is 4.42 Å². The van der Waals surface area contributed by atoms with E-state index in [1.54, 1.807) is 17.6 Å². The van der Waals surface area contributed by atoms with Gasteiger partial charge in [-0.1, -0.05) is 11.8 Å². The molecule has 0 unspecified atom stereocenters. The molecule has 152 valence electrons. The van der Waals surface area contributed by atoms with Crippen molar-refractivity contribution in [3.05, 3.63) is 57.0 Å². The van der Waals surface area contributed by atoms with Crippen molar-refractivity contribution in [1.82, 2.24) is 24.7 Å². The van der Waals surface area contributed by atoms with Gasteiger partial charge >= 0.3 is 0 Å². The molecule has 0 spiro atoms. The molecule has 5 rings (SSSR count). The minimum Gasteiger partial charge on any atom is -0.461 e. The number of rotatable bonds is 6. The van der Waals surface area contributed by atoms with E-state index in [1.807, 2.05) is 29.0 Å². The zero-order valence-electron chi connectivity index (χ0n) is 16.2. The second-order valence-corrected chi connectivity index (χ2v) is 9.66. The van der Waals surface area contributed by atoms with Gasteiger partial charge < -0.3 is 9.40 Å². The Morgan fingerprint density at radius 3 is 2.90 bits per heavy atom. The summed E-state index contributed by atoms with van der Waals surface area (Å²) in [7, 11) is 0. The Labute approximate surface area is 183 Å². The van der Waals surface area contributed by atoms with E-state index < -0.39 is 0 Å². The minimum absolute atomic E-state index is 0.105. The van der Waals surface area contributed by atoms with E-state index in [-0.39, 0.29) is 5.56 Å². The Morgan fingerprint density at radius 2 is 2.17 bits per heavy atom. The molecule has 0 bridgehead atoms. The Balaban J connectivity index is 1.43. The van der Waals surface area contributed by atoms with Gasteiger partial charge in [-0.3, -0.25) is 9.36 Å². The number of aryl methyl sites for hydroxylation is 1. The van der Waals surface area contributed by atoms with Crippen molar-refractivity contribution in [2.24, 2.45) is 0 Å². The number of nitrogens with one attached hydrogen (secondary N) is 1. The summed E-state index contributed by atoms with van der Waals surface area (Å²) in [4.78, 5) is 23.5. The van der Waals surface area contributed by atoms with Crippen LogP contribution in [0.15, 0.2) is 50.3 Å². The van der Waals surface area contributed by atoms with E-state index in [2.05, 4.69) is 39.2 Å². The van der Waals surface area contributed by atoms with Crippen LogP contribution >= 0.6 is 34.4 Å². The first-order chi connectivity index (χ1) is 14.6. The summed E-state index contributed by atoms with van der Waals surface area (Å²) in [5.41, 5.74) is 0.848. The molecule has 5 aromatic rings. The molecule has 0 fully saturated rings. The van der Waals surface area contributed by atoms with E-state index in [0.29, 0.717) is 35.1 Å². The number of hydrogen-bond donors (Lipinski definition) is 1. The fourth-order valence-corrected chi connectivity index (χ4v) is 6.02. The third-order valence-corrected chi connectivity index (χ3v) is 7.50. The monoisotopic (exact) mass is 455 g/mol. The first kappa shape index (κ1) is 19.3. The normalized spacial score (nSPS) is 11.5. The number of furan rings is 1. The van der Waals surface area contributed by atoms with Gasteiger partial charge in [0.2, 0.25) is 0 Å². The zero-order valence-corrected chi connectivity index (χ0v) is 18.7. The molecule has 10 heteroatoms. The number of thioether (sulfide) groups is 1. The van der Waals surface area contributed by atoms with Crippen LogP contribution in [-0.4, -0.2) is 24.7 Å². The lowest BCUT2D eigenvalue weighted by Gasteiger charge is -2.05. The summed E-state index contributed by atoms with van der Waals surface area (Å²) in [5.74, 6) is 2.49. The van der Waals surface area contributed by atoms with Crippen molar-refractivity contribution in [3.8, 4) is 22.0 Å². The largest absolute Gasteiger partial charge is 0.461 e. The summed E-state index contributed by atoms with van der Waals surface area (Å²) in [6.07, 6.45) is 1.62. The van der Waals surface area contributed by atoms with Crippen molar-refractivity contribution >= 4 is 44.7 Å². The lowest BCUT2D eigenvalue weighted by atomic mass is 10.2. The van der Waals surface area contributed by atoms with Crippen LogP contribution in [0, 0.1) is 6.92 Å². The minimum atomic E-state index is -0.105. The molecule has 0 aliphatic carbocycles. The lowest BCUT2D eigenvalue weighted by Crippen LogP contribution is -2.11. The first-order valence-corrected chi connectivity index (χ1v) is 12.0. The zero-order chi connectivity index (χ0) is 20.7. The number of fused-ring (bicyclic) bond motifs is 1. The summed E-state index contributed by atoms with van der Waals surface area (Å²) in [6.45, 7) is 4.81. The molecule has 0 aliphatic heterocycles. The highest BCUT2D eigenvalue weighted by molar-refractivity contribution is 7.98. The van der Waals surface area contributed by atoms with Gasteiger partial charge in [0.15, 0.2) is 16.7 Å². The fraction of sp³-hybridized carbons (Fsp3) is 0.200. The number of aromatic nitrogens is 5. The van der Waals surface area contributed by atoms with Crippen LogP contribution in [-0.2, 0) is 12.3 Å². The van der Waals surface area contributed by atoms with Crippen molar-refractivity contribution in [3.63, 3.8) is 0 Å². The summed E-state index contributed by atoms with van der Waals surface area (Å²) in [5, 5.41) is 12.0. The van der Waals surface area contributed by atoms with Crippen LogP contribution in [0.4, 0.5) is 0 Å². The molecule has 0 atom stereocenters. The van der Waals surface area contributed by atoms with E-state index >= 15 is 0 Å². The predicted octanol–water partition coefficient (Wildman–Crippen LogP) is 5.19. The molecule has 0 aliphatic rings. The van der Waals surface area contributed by atoms with Crippen LogP contribution < -0.4 is 5.56 Å². The van der Waals surface area contributed by atoms with Gasteiger partial charge in [-0.25, -0.2) is 4.98 Å². The average Bonchev–Trinajstić information content (AvgIpc) is 3.51. The van der Waals surface area contributed by atoms with Gasteiger partial charge in [0.1, 0.15) is 10.7 Å². The van der Waals surface area contributed by atoms with E-state index in [4.69, 9.17) is 4.42 Å². The number of thiophene rings is 2. The van der Waals surface area contributed by atoms with Gasteiger partial charge in [-0.15, -0.1) is 32.9 Å². The maximum atomic E-state index is 12.8. The molecule has 1 N–H and O–H groups in total. The maximum absolute atomic E-state index is 12.8. The molecule has 30 heavy (non-hydrogen) atoms. The fourth-order valence-electron chi connectivity index (χ4n) is 3.22. The second kappa shape index (κ2) is 7.86. The van der Waals surface area contributed by atoms with Gasteiger partial charge in [-0.05, 0) is 38.1 Å². The SMILES string of the molecule is CCn1c(SCc2nc3scc(-c4ccc(C)s4)c3c(=O)[nH]2)nnc1-c1ccco1. The summed E-state index contributed by atoms with van der Waals surface area (Å²) in [6, 6.07) is 7.81. The van der Waals surface area contributed by atoms with Gasteiger partial charge in [0, 0.05) is 27.2 Å². The van der Waals surface area contributed by atoms with Crippen LogP contribution in [0.3, 0.4) is 0 Å². The van der Waals surface area contributed by atoms with Gasteiger partial charge in [-0.2, -0.15) is 0 Å². The van der Waals surface area contributed by atoms with Crippen molar-refractivity contribution in [1.29, 1.82) is 0 Å². The van der Waals surface area contributed by atoms with Crippen LogP contribution in [0.2, 0.25) is 0 Å². The second-order valence-electron chi connectivity index (χ2n) is 6.57. The molecule has 5 heterocycles. The quantitative estimate of drug-likeness (QED) is 0.355. The Morgan fingerprint density at radius 1 is 1.27 bits per heavy atom. The van der Waals surface area contributed by atoms with E-state index in [0.717, 1.165) is 20.4 Å². The standard InChI is InChI=1S/C20H17N5O2S3/c1-3-25-17(13-5-4-8-27-13)23-24-20(25)29-10-15-21-18(26)16-12(9-28-19(16)22-15)14-7-6-11(2)30-14/h4-9H,3,10H2,1-2H3,(H,21,22,26). The van der Waals surface area contributed by atoms with Crippen molar-refractivity contribution in [2.75, 3.05) is 0 Å². The molecule has 7 nitrogen and oxygen atoms in total. The molecule has 0 amide bonds. The molecule has 0 radical (unpaired) electrons. The molecular formula is C20H17N5O2S3. The number of nitrogens with zero attached hydrogens (tertiary/aromatic N) is 4. The highest BCUT2D eigenvalue weighted by Gasteiger charge is 2.17. The molecule has 0 saturated carbocycles. The predicted molar refractivity (Wildman–Crippen MR) is 121 cm³/mol. The Bertz CT molecular complexity index is 1380. The third-order valence-electron chi connectivity index (χ3n) is 4.61.